The fourth-order valence-corrected chi connectivity index (χ4v) is 2.85. The fourth-order valence-electron chi connectivity index (χ4n) is 2.37. The molecular formula is C19H15BrN2O2. The maximum Gasteiger partial charge on any atom is 0.244 e. The van der Waals surface area contributed by atoms with Crippen LogP contribution < -0.4 is 5.43 Å². The Hall–Kier alpha value is -2.66. The van der Waals surface area contributed by atoms with Crippen molar-refractivity contribution < 1.29 is 9.21 Å². The van der Waals surface area contributed by atoms with Gasteiger partial charge in [-0.05, 0) is 46.7 Å². The third-order valence-electron chi connectivity index (χ3n) is 3.47. The van der Waals surface area contributed by atoms with E-state index in [4.69, 9.17) is 4.42 Å². The quantitative estimate of drug-likeness (QED) is 0.519. The SMILES string of the molecule is O=C(Cc1ccc(Br)c2ccccc12)N/N=C\C=C\c1ccco1. The van der Waals surface area contributed by atoms with Crippen LogP contribution in [0.25, 0.3) is 16.8 Å². The van der Waals surface area contributed by atoms with E-state index in [1.54, 1.807) is 24.5 Å². The third-order valence-corrected chi connectivity index (χ3v) is 4.16. The monoisotopic (exact) mass is 382 g/mol. The van der Waals surface area contributed by atoms with Crippen molar-refractivity contribution in [1.82, 2.24) is 5.43 Å². The lowest BCUT2D eigenvalue weighted by Crippen LogP contribution is -2.19. The van der Waals surface area contributed by atoms with Crippen LogP contribution in [-0.4, -0.2) is 12.1 Å². The molecule has 0 saturated carbocycles. The number of carbonyl (C=O) groups is 1. The van der Waals surface area contributed by atoms with Gasteiger partial charge in [-0.15, -0.1) is 0 Å². The van der Waals surface area contributed by atoms with Gasteiger partial charge in [-0.2, -0.15) is 5.10 Å². The smallest absolute Gasteiger partial charge is 0.244 e. The molecule has 2 aromatic carbocycles. The van der Waals surface area contributed by atoms with Gasteiger partial charge < -0.3 is 4.42 Å². The molecule has 3 rings (SSSR count). The molecule has 0 spiro atoms. The first-order valence-electron chi connectivity index (χ1n) is 7.42. The van der Waals surface area contributed by atoms with Crippen molar-refractivity contribution in [1.29, 1.82) is 0 Å². The van der Waals surface area contributed by atoms with Gasteiger partial charge in [0.05, 0.1) is 12.7 Å². The van der Waals surface area contributed by atoms with Gasteiger partial charge in [0.25, 0.3) is 0 Å². The van der Waals surface area contributed by atoms with Gasteiger partial charge in [-0.1, -0.05) is 46.3 Å². The van der Waals surface area contributed by atoms with Crippen molar-refractivity contribution in [3.05, 3.63) is 76.7 Å². The van der Waals surface area contributed by atoms with Crippen LogP contribution in [0.1, 0.15) is 11.3 Å². The Morgan fingerprint density at radius 2 is 1.96 bits per heavy atom. The number of nitrogens with zero attached hydrogens (tertiary/aromatic N) is 1. The first-order valence-corrected chi connectivity index (χ1v) is 8.21. The Morgan fingerprint density at radius 3 is 2.75 bits per heavy atom. The summed E-state index contributed by atoms with van der Waals surface area (Å²) < 4.78 is 6.17. The lowest BCUT2D eigenvalue weighted by Gasteiger charge is -2.07. The second-order valence-corrected chi connectivity index (χ2v) is 5.97. The van der Waals surface area contributed by atoms with Crippen molar-refractivity contribution in [2.75, 3.05) is 0 Å². The van der Waals surface area contributed by atoms with Crippen molar-refractivity contribution in [3.8, 4) is 0 Å². The molecule has 0 bridgehead atoms. The molecule has 120 valence electrons. The van der Waals surface area contributed by atoms with Crippen LogP contribution >= 0.6 is 15.9 Å². The number of carbonyl (C=O) groups excluding carboxylic acids is 1. The lowest BCUT2D eigenvalue weighted by atomic mass is 10.0. The summed E-state index contributed by atoms with van der Waals surface area (Å²) in [6, 6.07) is 15.5. The summed E-state index contributed by atoms with van der Waals surface area (Å²) in [6.07, 6.45) is 6.85. The summed E-state index contributed by atoms with van der Waals surface area (Å²) in [7, 11) is 0. The second kappa shape index (κ2) is 7.75. The molecule has 24 heavy (non-hydrogen) atoms. The molecule has 5 heteroatoms. The third kappa shape index (κ3) is 4.00. The molecule has 0 fully saturated rings. The van der Waals surface area contributed by atoms with Gasteiger partial charge in [0.2, 0.25) is 5.91 Å². The van der Waals surface area contributed by atoms with Crippen LogP contribution in [0.3, 0.4) is 0 Å². The van der Waals surface area contributed by atoms with E-state index in [2.05, 4.69) is 26.5 Å². The van der Waals surface area contributed by atoms with Gasteiger partial charge >= 0.3 is 0 Å². The normalized spacial score (nSPS) is 11.5. The molecule has 1 heterocycles. The second-order valence-electron chi connectivity index (χ2n) is 5.12. The number of fused-ring (bicyclic) bond motifs is 1. The Bertz CT molecular complexity index is 899. The molecular weight excluding hydrogens is 368 g/mol. The van der Waals surface area contributed by atoms with Gasteiger partial charge in [0, 0.05) is 10.7 Å². The summed E-state index contributed by atoms with van der Waals surface area (Å²) in [4.78, 5) is 12.1. The van der Waals surface area contributed by atoms with Crippen LogP contribution in [0.4, 0.5) is 0 Å². The average Bonchev–Trinajstić information content (AvgIpc) is 3.11. The predicted octanol–water partition coefficient (Wildman–Crippen LogP) is 4.55. The molecule has 1 amide bonds. The van der Waals surface area contributed by atoms with Crippen molar-refractivity contribution in [2.24, 2.45) is 5.10 Å². The van der Waals surface area contributed by atoms with E-state index < -0.39 is 0 Å². The average molecular weight is 383 g/mol. The van der Waals surface area contributed by atoms with E-state index >= 15 is 0 Å². The topological polar surface area (TPSA) is 54.6 Å². The molecule has 0 saturated heterocycles. The minimum atomic E-state index is -0.162. The minimum absolute atomic E-state index is 0.162. The summed E-state index contributed by atoms with van der Waals surface area (Å²) in [6.45, 7) is 0. The number of furan rings is 1. The Labute approximate surface area is 148 Å². The van der Waals surface area contributed by atoms with E-state index in [0.717, 1.165) is 26.6 Å². The van der Waals surface area contributed by atoms with E-state index in [1.165, 1.54) is 6.21 Å². The van der Waals surface area contributed by atoms with Gasteiger partial charge in [-0.25, -0.2) is 5.43 Å². The Balaban J connectivity index is 1.62. The number of halogens is 1. The molecule has 0 radical (unpaired) electrons. The highest BCUT2D eigenvalue weighted by molar-refractivity contribution is 9.10. The van der Waals surface area contributed by atoms with Crippen molar-refractivity contribution in [3.63, 3.8) is 0 Å². The first-order chi connectivity index (χ1) is 11.7. The van der Waals surface area contributed by atoms with Crippen LogP contribution in [0.15, 0.2) is 74.9 Å². The standard InChI is InChI=1S/C19H15BrN2O2/c20-18-10-9-14(16-7-1-2-8-17(16)18)13-19(23)22-21-11-3-5-15-6-4-12-24-15/h1-12H,13H2,(H,22,23)/b5-3+,21-11-. The highest BCUT2D eigenvalue weighted by Gasteiger charge is 2.08. The first kappa shape index (κ1) is 16.2. The fraction of sp³-hybridized carbons (Fsp3) is 0.0526. The predicted molar refractivity (Wildman–Crippen MR) is 99.7 cm³/mol. The maximum absolute atomic E-state index is 12.1. The van der Waals surface area contributed by atoms with Crippen molar-refractivity contribution in [2.45, 2.75) is 6.42 Å². The van der Waals surface area contributed by atoms with Crippen molar-refractivity contribution >= 4 is 44.9 Å². The zero-order valence-corrected chi connectivity index (χ0v) is 14.4. The molecule has 0 atom stereocenters. The molecule has 1 aromatic heterocycles. The zero-order valence-electron chi connectivity index (χ0n) is 12.8. The highest BCUT2D eigenvalue weighted by Crippen LogP contribution is 2.27. The summed E-state index contributed by atoms with van der Waals surface area (Å²) >= 11 is 3.53. The number of hydrazone groups is 1. The van der Waals surface area contributed by atoms with Crippen LogP contribution in [0.2, 0.25) is 0 Å². The Morgan fingerprint density at radius 1 is 1.12 bits per heavy atom. The molecule has 0 aliphatic carbocycles. The van der Waals surface area contributed by atoms with Gasteiger partial charge in [0.15, 0.2) is 0 Å². The van der Waals surface area contributed by atoms with E-state index in [0.29, 0.717) is 0 Å². The number of hydrogen-bond acceptors (Lipinski definition) is 3. The van der Waals surface area contributed by atoms with Gasteiger partial charge in [-0.3, -0.25) is 4.79 Å². The lowest BCUT2D eigenvalue weighted by molar-refractivity contribution is -0.120. The highest BCUT2D eigenvalue weighted by atomic mass is 79.9. The maximum atomic E-state index is 12.1. The largest absolute Gasteiger partial charge is 0.465 e. The molecule has 1 N–H and O–H groups in total. The Kier molecular flexibility index (Phi) is 5.23. The van der Waals surface area contributed by atoms with E-state index in [1.807, 2.05) is 42.5 Å². The molecule has 0 aliphatic heterocycles. The number of amides is 1. The van der Waals surface area contributed by atoms with Crippen LogP contribution in [0, 0.1) is 0 Å². The molecule has 4 nitrogen and oxygen atoms in total. The molecule has 0 unspecified atom stereocenters. The summed E-state index contributed by atoms with van der Waals surface area (Å²) in [5, 5.41) is 6.05. The summed E-state index contributed by atoms with van der Waals surface area (Å²) in [5.41, 5.74) is 3.49. The van der Waals surface area contributed by atoms with E-state index in [9.17, 15) is 4.79 Å². The zero-order chi connectivity index (χ0) is 16.8. The minimum Gasteiger partial charge on any atom is -0.465 e. The number of hydrogen-bond donors (Lipinski definition) is 1. The van der Waals surface area contributed by atoms with Gasteiger partial charge in [0.1, 0.15) is 5.76 Å². The number of rotatable bonds is 5. The molecule has 3 aromatic rings. The number of allylic oxidation sites excluding steroid dienone is 1. The van der Waals surface area contributed by atoms with Crippen LogP contribution in [0.5, 0.6) is 0 Å². The number of nitrogens with one attached hydrogen (secondary N) is 1. The number of benzene rings is 2. The summed E-state index contributed by atoms with van der Waals surface area (Å²) in [5.74, 6) is 0.569. The molecule has 0 aliphatic rings. The van der Waals surface area contributed by atoms with E-state index in [-0.39, 0.29) is 12.3 Å². The van der Waals surface area contributed by atoms with Crippen LogP contribution in [-0.2, 0) is 11.2 Å².